The van der Waals surface area contributed by atoms with Crippen LogP contribution in [0.15, 0.2) is 56.1 Å². The maximum Gasteiger partial charge on any atom is 0.326 e. The molecule has 11 heteroatoms. The Balaban J connectivity index is 1.61. The van der Waals surface area contributed by atoms with Crippen LogP contribution < -0.4 is 9.77 Å². The minimum atomic E-state index is -0.691. The minimum absolute atomic E-state index is 0.213. The third kappa shape index (κ3) is 3.80. The van der Waals surface area contributed by atoms with E-state index in [0.29, 0.717) is 10.7 Å². The number of carbonyl (C=O) groups excluding carboxylic acids is 3. The standard InChI is InChI=1S/C22H17BrN2O5S3/c1-2-30-14(26)10-24-21-18(33-22(24)29)15(13-4-3-9-31-13)16-17(32-21)20(28)25(19(16)27)12-7-5-11(23)6-8-12/h3-9,15-17H,2,10H2,1H3/t15-,16-,17+/m0/s1. The Morgan fingerprint density at radius 2 is 1.88 bits per heavy atom. The number of benzene rings is 1. The number of halogens is 1. The minimum Gasteiger partial charge on any atom is -0.465 e. The van der Waals surface area contributed by atoms with E-state index in [1.54, 1.807) is 31.2 Å². The van der Waals surface area contributed by atoms with Crippen molar-refractivity contribution in [2.75, 3.05) is 11.5 Å². The Bertz CT molecular complexity index is 1300. The zero-order chi connectivity index (χ0) is 23.3. The SMILES string of the molecule is CCOC(=O)Cn1c2c(sc1=O)[C@@H](c1cccs1)[C@@H]1C(=O)N(c3ccc(Br)cc3)C(=O)[C@@H]1S2. The molecule has 0 aliphatic carbocycles. The van der Waals surface area contributed by atoms with E-state index in [-0.39, 0.29) is 29.8 Å². The summed E-state index contributed by atoms with van der Waals surface area (Å²) in [5.41, 5.74) is 0.514. The van der Waals surface area contributed by atoms with Crippen LogP contribution in [0.4, 0.5) is 5.69 Å². The van der Waals surface area contributed by atoms with E-state index in [9.17, 15) is 19.2 Å². The van der Waals surface area contributed by atoms with Crippen molar-refractivity contribution in [3.63, 3.8) is 0 Å². The van der Waals surface area contributed by atoms with Crippen LogP contribution in [0.2, 0.25) is 0 Å². The van der Waals surface area contributed by atoms with Crippen molar-refractivity contribution in [2.24, 2.45) is 5.92 Å². The number of aromatic nitrogens is 1. The molecule has 1 saturated heterocycles. The van der Waals surface area contributed by atoms with Crippen molar-refractivity contribution < 1.29 is 19.1 Å². The van der Waals surface area contributed by atoms with Gasteiger partial charge in [0.15, 0.2) is 0 Å². The van der Waals surface area contributed by atoms with Gasteiger partial charge in [0.1, 0.15) is 11.8 Å². The van der Waals surface area contributed by atoms with Crippen molar-refractivity contribution in [3.05, 3.63) is 65.7 Å². The molecule has 0 unspecified atom stereocenters. The number of carbonyl (C=O) groups is 3. The maximum absolute atomic E-state index is 13.6. The number of hydrogen-bond acceptors (Lipinski definition) is 8. The smallest absolute Gasteiger partial charge is 0.326 e. The first-order valence-corrected chi connectivity index (χ1v) is 13.5. The molecule has 0 bridgehead atoms. The van der Waals surface area contributed by atoms with Crippen LogP contribution in [0.25, 0.3) is 0 Å². The summed E-state index contributed by atoms with van der Waals surface area (Å²) in [6.45, 7) is 1.69. The Morgan fingerprint density at radius 1 is 1.12 bits per heavy atom. The first-order valence-electron chi connectivity index (χ1n) is 10.1. The molecule has 1 fully saturated rings. The van der Waals surface area contributed by atoms with Gasteiger partial charge in [-0.3, -0.25) is 23.7 Å². The number of nitrogens with zero attached hydrogens (tertiary/aromatic N) is 2. The third-order valence-corrected chi connectivity index (χ3v) is 9.66. The summed E-state index contributed by atoms with van der Waals surface area (Å²) in [6, 6.07) is 10.8. The molecule has 5 rings (SSSR count). The number of anilines is 1. The number of esters is 1. The van der Waals surface area contributed by atoms with Gasteiger partial charge in [-0.05, 0) is 42.6 Å². The Kier molecular flexibility index (Phi) is 6.06. The zero-order valence-electron chi connectivity index (χ0n) is 17.2. The van der Waals surface area contributed by atoms with E-state index in [1.807, 2.05) is 17.5 Å². The summed E-state index contributed by atoms with van der Waals surface area (Å²) >= 11 is 7.10. The summed E-state index contributed by atoms with van der Waals surface area (Å²) in [4.78, 5) is 54.7. The molecule has 2 aliphatic rings. The molecule has 1 aromatic carbocycles. The first kappa shape index (κ1) is 22.6. The number of rotatable bonds is 5. The molecular weight excluding hydrogens is 548 g/mol. The van der Waals surface area contributed by atoms with Crippen LogP contribution in [-0.2, 0) is 25.7 Å². The summed E-state index contributed by atoms with van der Waals surface area (Å²) in [6.07, 6.45) is 0. The number of ether oxygens (including phenoxy) is 1. The van der Waals surface area contributed by atoms with Gasteiger partial charge in [-0.2, -0.15) is 0 Å². The number of thiophene rings is 1. The predicted octanol–water partition coefficient (Wildman–Crippen LogP) is 4.09. The van der Waals surface area contributed by atoms with Gasteiger partial charge in [0.25, 0.3) is 0 Å². The maximum atomic E-state index is 13.6. The Labute approximate surface area is 209 Å². The summed E-state index contributed by atoms with van der Waals surface area (Å²) < 4.78 is 7.26. The van der Waals surface area contributed by atoms with E-state index in [2.05, 4.69) is 15.9 Å². The summed E-state index contributed by atoms with van der Waals surface area (Å²) in [5, 5.41) is 1.79. The number of fused-ring (bicyclic) bond motifs is 2. The van der Waals surface area contributed by atoms with Crippen molar-refractivity contribution in [2.45, 2.75) is 29.7 Å². The number of thioether (sulfide) groups is 1. The van der Waals surface area contributed by atoms with Gasteiger partial charge < -0.3 is 4.74 Å². The second kappa shape index (κ2) is 8.86. The lowest BCUT2D eigenvalue weighted by atomic mass is 9.87. The van der Waals surface area contributed by atoms with Crippen LogP contribution in [0.1, 0.15) is 22.6 Å². The van der Waals surface area contributed by atoms with Crippen molar-refractivity contribution in [1.82, 2.24) is 4.57 Å². The van der Waals surface area contributed by atoms with Gasteiger partial charge in [-0.15, -0.1) is 11.3 Å². The molecule has 4 heterocycles. The van der Waals surface area contributed by atoms with E-state index in [1.165, 1.54) is 32.6 Å². The second-order valence-corrected chi connectivity index (χ2v) is 11.5. The molecule has 0 spiro atoms. The lowest BCUT2D eigenvalue weighted by Crippen LogP contribution is -2.32. The highest BCUT2D eigenvalue weighted by atomic mass is 79.9. The highest BCUT2D eigenvalue weighted by Gasteiger charge is 2.57. The van der Waals surface area contributed by atoms with Gasteiger partial charge in [0.05, 0.1) is 23.2 Å². The van der Waals surface area contributed by atoms with Crippen molar-refractivity contribution in [3.8, 4) is 0 Å². The summed E-state index contributed by atoms with van der Waals surface area (Å²) in [5.74, 6) is -2.16. The zero-order valence-corrected chi connectivity index (χ0v) is 21.3. The topological polar surface area (TPSA) is 85.7 Å². The fourth-order valence-electron chi connectivity index (χ4n) is 4.21. The molecule has 3 aromatic rings. The molecule has 0 saturated carbocycles. The van der Waals surface area contributed by atoms with Gasteiger partial charge in [-0.25, -0.2) is 4.90 Å². The van der Waals surface area contributed by atoms with E-state index < -0.39 is 23.1 Å². The quantitative estimate of drug-likeness (QED) is 0.342. The number of imide groups is 1. The third-order valence-electron chi connectivity index (χ3n) is 5.58. The molecule has 3 atom stereocenters. The van der Waals surface area contributed by atoms with Crippen LogP contribution in [0.5, 0.6) is 0 Å². The predicted molar refractivity (Wildman–Crippen MR) is 131 cm³/mol. The average molecular weight is 565 g/mol. The second-order valence-electron chi connectivity index (χ2n) is 7.47. The molecule has 33 heavy (non-hydrogen) atoms. The number of amides is 2. The molecule has 0 radical (unpaired) electrons. The lowest BCUT2D eigenvalue weighted by molar-refractivity contribution is -0.144. The van der Waals surface area contributed by atoms with E-state index >= 15 is 0 Å². The largest absolute Gasteiger partial charge is 0.465 e. The Hall–Kier alpha value is -2.21. The van der Waals surface area contributed by atoms with E-state index in [4.69, 9.17) is 4.74 Å². The molecule has 2 aliphatic heterocycles. The van der Waals surface area contributed by atoms with Crippen molar-refractivity contribution in [1.29, 1.82) is 0 Å². The fourth-order valence-corrected chi connectivity index (χ4v) is 8.20. The van der Waals surface area contributed by atoms with Crippen LogP contribution in [0.3, 0.4) is 0 Å². The van der Waals surface area contributed by atoms with Gasteiger partial charge in [0, 0.05) is 20.1 Å². The van der Waals surface area contributed by atoms with Gasteiger partial charge >= 0.3 is 10.8 Å². The normalized spacial score (nSPS) is 21.8. The van der Waals surface area contributed by atoms with E-state index in [0.717, 1.165) is 25.6 Å². The molecule has 2 amide bonds. The lowest BCUT2D eigenvalue weighted by Gasteiger charge is -2.29. The van der Waals surface area contributed by atoms with Gasteiger partial charge in [-0.1, -0.05) is 45.1 Å². The van der Waals surface area contributed by atoms with Crippen LogP contribution >= 0.6 is 50.4 Å². The highest BCUT2D eigenvalue weighted by molar-refractivity contribution is 9.10. The van der Waals surface area contributed by atoms with Gasteiger partial charge in [0.2, 0.25) is 11.8 Å². The summed E-state index contributed by atoms with van der Waals surface area (Å²) in [7, 11) is 0. The Morgan fingerprint density at radius 3 is 2.55 bits per heavy atom. The molecule has 7 nitrogen and oxygen atoms in total. The highest BCUT2D eigenvalue weighted by Crippen LogP contribution is 2.54. The van der Waals surface area contributed by atoms with Crippen LogP contribution in [-0.4, -0.2) is 34.2 Å². The fraction of sp³-hybridized carbons (Fsp3) is 0.273. The van der Waals surface area contributed by atoms with Crippen molar-refractivity contribution >= 4 is 73.8 Å². The number of hydrogen-bond donors (Lipinski definition) is 0. The average Bonchev–Trinajstić information content (AvgIpc) is 3.48. The molecular formula is C22H17BrN2O5S3. The van der Waals surface area contributed by atoms with Crippen LogP contribution in [0, 0.1) is 5.92 Å². The molecule has 170 valence electrons. The number of thiazole rings is 1. The monoisotopic (exact) mass is 564 g/mol. The molecule has 2 aromatic heterocycles. The first-order chi connectivity index (χ1) is 15.9. The molecule has 0 N–H and O–H groups in total.